The summed E-state index contributed by atoms with van der Waals surface area (Å²) in [5.74, 6) is -0.287. The van der Waals surface area contributed by atoms with Gasteiger partial charge in [-0.05, 0) is 95.3 Å². The number of methoxy groups -OCH3 is 3. The van der Waals surface area contributed by atoms with Crippen LogP contribution in [0.1, 0.15) is 42.5 Å². The van der Waals surface area contributed by atoms with Gasteiger partial charge in [0.25, 0.3) is 0 Å². The number of ether oxygens (including phenoxy) is 4. The van der Waals surface area contributed by atoms with Crippen LogP contribution in [0.2, 0.25) is 0 Å². The van der Waals surface area contributed by atoms with Gasteiger partial charge in [0.15, 0.2) is 0 Å². The third-order valence-electron chi connectivity index (χ3n) is 6.75. The van der Waals surface area contributed by atoms with Crippen molar-refractivity contribution in [2.24, 2.45) is 5.92 Å². The number of hydrogen-bond acceptors (Lipinski definition) is 8. The van der Waals surface area contributed by atoms with E-state index < -0.39 is 17.9 Å². The van der Waals surface area contributed by atoms with Crippen molar-refractivity contribution >= 4 is 48.2 Å². The minimum absolute atomic E-state index is 0.274. The zero-order chi connectivity index (χ0) is 40.8. The third kappa shape index (κ3) is 24.1. The molecule has 11 nitrogen and oxygen atoms in total. The van der Waals surface area contributed by atoms with Gasteiger partial charge in [0.2, 0.25) is 0 Å². The van der Waals surface area contributed by atoms with Crippen LogP contribution in [-0.2, 0) is 23.9 Å². The van der Waals surface area contributed by atoms with E-state index in [0.717, 1.165) is 64.2 Å². The quantitative estimate of drug-likeness (QED) is 0.0833. The average Bonchev–Trinajstić information content (AvgIpc) is 3.19. The maximum absolute atomic E-state index is 11.3. The van der Waals surface area contributed by atoms with Crippen LogP contribution in [0.5, 0.6) is 17.2 Å². The van der Waals surface area contributed by atoms with Crippen LogP contribution in [-0.4, -0.2) is 67.1 Å². The number of carboxylic acid groups (broad SMARTS) is 3. The van der Waals surface area contributed by atoms with Crippen LogP contribution < -0.4 is 14.2 Å². The minimum Gasteiger partial charge on any atom is -0.497 e. The molecule has 0 unspecified atom stereocenters. The molecule has 4 aromatic carbocycles. The Bertz CT molecular complexity index is 1660. The Morgan fingerprint density at radius 3 is 1.09 bits per heavy atom. The summed E-state index contributed by atoms with van der Waals surface area (Å²) >= 11 is 0. The van der Waals surface area contributed by atoms with Crippen LogP contribution in [0.25, 0.3) is 24.3 Å². The fraction of sp³-hybridized carbons (Fsp3) is 0.182. The average molecular weight is 753 g/mol. The van der Waals surface area contributed by atoms with E-state index in [1.807, 2.05) is 30.3 Å². The first-order valence-corrected chi connectivity index (χ1v) is 16.9. The topological polar surface area (TPSA) is 166 Å². The fourth-order valence-electron chi connectivity index (χ4n) is 3.82. The summed E-state index contributed by atoms with van der Waals surface area (Å²) in [5.41, 5.74) is 3.51. The number of hydrogen-bond donors (Lipinski definition) is 3. The Labute approximate surface area is 322 Å². The van der Waals surface area contributed by atoms with Gasteiger partial charge in [-0.1, -0.05) is 80.6 Å². The molecule has 0 saturated carbocycles. The molecular weight excluding hydrogens is 704 g/mol. The van der Waals surface area contributed by atoms with Crippen molar-refractivity contribution in [3.05, 3.63) is 150 Å². The highest BCUT2D eigenvalue weighted by atomic mass is 16.5. The van der Waals surface area contributed by atoms with Crippen molar-refractivity contribution in [1.82, 2.24) is 0 Å². The second kappa shape index (κ2) is 27.7. The van der Waals surface area contributed by atoms with E-state index in [9.17, 15) is 19.2 Å². The number of carbonyl (C=O) groups excluding carboxylic acids is 1. The summed E-state index contributed by atoms with van der Waals surface area (Å²) in [6.45, 7) is 4.71. The Balaban J connectivity index is 0.000000368. The van der Waals surface area contributed by atoms with Crippen LogP contribution >= 0.6 is 0 Å². The molecule has 0 aliphatic carbocycles. The Morgan fingerprint density at radius 2 is 0.800 bits per heavy atom. The van der Waals surface area contributed by atoms with Crippen LogP contribution in [0.15, 0.2) is 127 Å². The minimum atomic E-state index is -0.948. The molecule has 0 aromatic heterocycles. The third-order valence-corrected chi connectivity index (χ3v) is 6.75. The number of aliphatic carboxylic acids is 3. The molecule has 0 amide bonds. The molecule has 0 radical (unpaired) electrons. The predicted molar refractivity (Wildman–Crippen MR) is 215 cm³/mol. The first-order valence-electron chi connectivity index (χ1n) is 16.9. The highest BCUT2D eigenvalue weighted by molar-refractivity contribution is 5.87. The highest BCUT2D eigenvalue weighted by Gasteiger charge is 1.99. The lowest BCUT2D eigenvalue weighted by Crippen LogP contribution is -2.04. The molecule has 4 aromatic rings. The van der Waals surface area contributed by atoms with E-state index >= 15 is 0 Å². The van der Waals surface area contributed by atoms with Gasteiger partial charge >= 0.3 is 23.9 Å². The lowest BCUT2D eigenvalue weighted by atomic mass is 10.1. The lowest BCUT2D eigenvalue weighted by Gasteiger charge is -2.03. The van der Waals surface area contributed by atoms with E-state index in [1.54, 1.807) is 100 Å². The maximum Gasteiger partial charge on any atom is 0.330 e. The normalized spacial score (nSPS) is 10.4. The molecular formula is C44H48O11. The zero-order valence-electron chi connectivity index (χ0n) is 31.5. The molecule has 0 heterocycles. The molecule has 11 heteroatoms. The molecule has 290 valence electrons. The molecule has 4 rings (SSSR count). The molecule has 0 fully saturated rings. The first-order chi connectivity index (χ1) is 26.3. The Morgan fingerprint density at radius 1 is 0.491 bits per heavy atom. The van der Waals surface area contributed by atoms with Crippen molar-refractivity contribution in [1.29, 1.82) is 0 Å². The molecule has 0 aliphatic heterocycles. The van der Waals surface area contributed by atoms with Crippen molar-refractivity contribution in [2.45, 2.75) is 20.3 Å². The lowest BCUT2D eigenvalue weighted by molar-refractivity contribution is -0.138. The van der Waals surface area contributed by atoms with E-state index in [1.165, 1.54) is 24.3 Å². The van der Waals surface area contributed by atoms with Crippen molar-refractivity contribution in [2.75, 3.05) is 27.9 Å². The highest BCUT2D eigenvalue weighted by Crippen LogP contribution is 2.14. The monoisotopic (exact) mass is 752 g/mol. The molecule has 0 aliphatic rings. The number of carboxylic acids is 3. The van der Waals surface area contributed by atoms with Gasteiger partial charge in [0.05, 0.1) is 27.9 Å². The van der Waals surface area contributed by atoms with Gasteiger partial charge in [-0.25, -0.2) is 19.2 Å². The zero-order valence-corrected chi connectivity index (χ0v) is 31.5. The molecule has 0 spiro atoms. The Kier molecular flexibility index (Phi) is 23.3. The SMILES string of the molecule is CC(C)CCOC(=O)C=Cc1ccccc1.COc1ccc(C=CC(=O)O)cc1.COc1ccc(C=CC(=O)O)cc1.COc1ccc(C=CC(=O)O)cc1. The van der Waals surface area contributed by atoms with Crippen LogP contribution in [0, 0.1) is 5.92 Å². The molecule has 0 atom stereocenters. The van der Waals surface area contributed by atoms with Gasteiger partial charge in [-0.15, -0.1) is 0 Å². The summed E-state index contributed by atoms with van der Waals surface area (Å²) in [7, 11) is 4.76. The molecule has 0 saturated heterocycles. The van der Waals surface area contributed by atoms with Gasteiger partial charge in [-0.3, -0.25) is 0 Å². The van der Waals surface area contributed by atoms with E-state index in [2.05, 4.69) is 13.8 Å². The number of carbonyl (C=O) groups is 4. The summed E-state index contributed by atoms with van der Waals surface area (Å²) in [6, 6.07) is 31.1. The van der Waals surface area contributed by atoms with Crippen molar-refractivity contribution in [3.8, 4) is 17.2 Å². The van der Waals surface area contributed by atoms with E-state index in [0.29, 0.717) is 12.5 Å². The molecule has 55 heavy (non-hydrogen) atoms. The molecule has 3 N–H and O–H groups in total. The largest absolute Gasteiger partial charge is 0.497 e. The van der Waals surface area contributed by atoms with Gasteiger partial charge in [0, 0.05) is 24.3 Å². The Hall–Kier alpha value is -6.88. The summed E-state index contributed by atoms with van der Waals surface area (Å²) < 4.78 is 19.9. The number of benzene rings is 4. The fourth-order valence-corrected chi connectivity index (χ4v) is 3.82. The maximum atomic E-state index is 11.3. The number of esters is 1. The molecule has 0 bridgehead atoms. The summed E-state index contributed by atoms with van der Waals surface area (Å²) in [5, 5.41) is 25.1. The summed E-state index contributed by atoms with van der Waals surface area (Å²) in [6.07, 6.45) is 12.0. The second-order valence-corrected chi connectivity index (χ2v) is 11.4. The van der Waals surface area contributed by atoms with Crippen LogP contribution in [0.4, 0.5) is 0 Å². The van der Waals surface area contributed by atoms with E-state index in [4.69, 9.17) is 34.3 Å². The first kappa shape index (κ1) is 46.1. The second-order valence-electron chi connectivity index (χ2n) is 11.4. The van der Waals surface area contributed by atoms with Crippen molar-refractivity contribution in [3.63, 3.8) is 0 Å². The van der Waals surface area contributed by atoms with Gasteiger partial charge < -0.3 is 34.3 Å². The predicted octanol–water partition coefficient (Wildman–Crippen LogP) is 8.67. The standard InChI is InChI=1S/C14H18O2.3C10H10O3/c1-12(2)10-11-16-14(15)9-8-13-6-4-3-5-7-13;3*1-13-9-5-2-8(3-6-9)4-7-10(11)12/h3-9,12H,10-11H2,1-2H3;3*2-7H,1H3,(H,11,12). The van der Waals surface area contributed by atoms with Gasteiger partial charge in [0.1, 0.15) is 17.2 Å². The van der Waals surface area contributed by atoms with Crippen molar-refractivity contribution < 1.29 is 53.4 Å². The van der Waals surface area contributed by atoms with E-state index in [-0.39, 0.29) is 5.97 Å². The van der Waals surface area contributed by atoms with Gasteiger partial charge in [-0.2, -0.15) is 0 Å². The number of rotatable bonds is 14. The van der Waals surface area contributed by atoms with Crippen LogP contribution in [0.3, 0.4) is 0 Å². The summed E-state index contributed by atoms with van der Waals surface area (Å²) in [4.78, 5) is 41.8. The smallest absolute Gasteiger partial charge is 0.330 e.